The fraction of sp³-hybridized carbons (Fsp3) is 0.389. The first-order chi connectivity index (χ1) is 11.2. The lowest BCUT2D eigenvalue weighted by Gasteiger charge is -2.36. The summed E-state index contributed by atoms with van der Waals surface area (Å²) in [5.74, 6) is 0.359. The predicted molar refractivity (Wildman–Crippen MR) is 92.3 cm³/mol. The number of benzene rings is 1. The fourth-order valence-electron chi connectivity index (χ4n) is 2.91. The maximum Gasteiger partial charge on any atom is 0.223 e. The largest absolute Gasteiger partial charge is 0.491 e. The van der Waals surface area contributed by atoms with E-state index in [2.05, 4.69) is 46.0 Å². The monoisotopic (exact) mass is 313 g/mol. The van der Waals surface area contributed by atoms with E-state index in [1.54, 1.807) is 12.3 Å². The van der Waals surface area contributed by atoms with Crippen LogP contribution in [0, 0.1) is 6.92 Å². The lowest BCUT2D eigenvalue weighted by atomic mass is 10.2. The molecule has 5 nitrogen and oxygen atoms in total. The van der Waals surface area contributed by atoms with Crippen LogP contribution in [0.1, 0.15) is 11.3 Å². The Kier molecular flexibility index (Phi) is 4.67. The minimum Gasteiger partial charge on any atom is -0.491 e. The first kappa shape index (κ1) is 15.6. The van der Waals surface area contributed by atoms with Crippen molar-refractivity contribution in [3.05, 3.63) is 58.0 Å². The molecule has 23 heavy (non-hydrogen) atoms. The van der Waals surface area contributed by atoms with Gasteiger partial charge in [-0.25, -0.2) is 0 Å². The van der Waals surface area contributed by atoms with Crippen LogP contribution in [0.3, 0.4) is 0 Å². The van der Waals surface area contributed by atoms with Gasteiger partial charge in [0.25, 0.3) is 0 Å². The Bertz CT molecular complexity index is 701. The Morgan fingerprint density at radius 3 is 2.43 bits per heavy atom. The van der Waals surface area contributed by atoms with E-state index in [-0.39, 0.29) is 5.43 Å². The summed E-state index contributed by atoms with van der Waals surface area (Å²) in [6, 6.07) is 10.3. The summed E-state index contributed by atoms with van der Waals surface area (Å²) in [7, 11) is 1.51. The Hall–Kier alpha value is -2.27. The standard InChI is InChI=1S/C18H23N3O2/c1-14-3-5-16(6-4-14)21-9-7-20(8-10-21)13-15-11-17(22)18(23-2)12-19-15/h3-6,11-12H,7-10,13H2,1-2H3,(H,19,22). The second-order valence-corrected chi connectivity index (χ2v) is 5.99. The molecule has 3 rings (SSSR count). The molecule has 0 aliphatic carbocycles. The normalized spacial score (nSPS) is 15.7. The highest BCUT2D eigenvalue weighted by Gasteiger charge is 2.17. The average Bonchev–Trinajstić information content (AvgIpc) is 2.57. The number of hydrogen-bond acceptors (Lipinski definition) is 4. The van der Waals surface area contributed by atoms with E-state index < -0.39 is 0 Å². The molecule has 2 heterocycles. The highest BCUT2D eigenvalue weighted by atomic mass is 16.5. The number of aryl methyl sites for hydroxylation is 1. The van der Waals surface area contributed by atoms with E-state index >= 15 is 0 Å². The van der Waals surface area contributed by atoms with Gasteiger partial charge in [0.2, 0.25) is 5.43 Å². The zero-order valence-electron chi connectivity index (χ0n) is 13.7. The Morgan fingerprint density at radius 2 is 1.83 bits per heavy atom. The van der Waals surface area contributed by atoms with Gasteiger partial charge in [0.15, 0.2) is 5.75 Å². The van der Waals surface area contributed by atoms with Gasteiger partial charge < -0.3 is 14.6 Å². The van der Waals surface area contributed by atoms with Crippen molar-refractivity contribution in [3.63, 3.8) is 0 Å². The van der Waals surface area contributed by atoms with Crippen LogP contribution in [0.5, 0.6) is 5.75 Å². The number of nitrogens with zero attached hydrogens (tertiary/aromatic N) is 2. The summed E-state index contributed by atoms with van der Waals surface area (Å²) >= 11 is 0. The Morgan fingerprint density at radius 1 is 1.13 bits per heavy atom. The zero-order valence-corrected chi connectivity index (χ0v) is 13.7. The molecule has 1 saturated heterocycles. The van der Waals surface area contributed by atoms with Crippen molar-refractivity contribution in [2.75, 3.05) is 38.2 Å². The second-order valence-electron chi connectivity index (χ2n) is 5.99. The summed E-state index contributed by atoms with van der Waals surface area (Å²) in [5.41, 5.74) is 3.43. The van der Waals surface area contributed by atoms with Crippen molar-refractivity contribution < 1.29 is 4.74 Å². The molecule has 122 valence electrons. The van der Waals surface area contributed by atoms with Gasteiger partial charge in [-0.1, -0.05) is 17.7 Å². The smallest absolute Gasteiger partial charge is 0.223 e. The van der Waals surface area contributed by atoms with Crippen LogP contribution in [0.2, 0.25) is 0 Å². The van der Waals surface area contributed by atoms with Gasteiger partial charge in [-0.3, -0.25) is 9.69 Å². The third-order valence-corrected chi connectivity index (χ3v) is 4.32. The number of aromatic nitrogens is 1. The van der Waals surface area contributed by atoms with E-state index in [1.807, 2.05) is 0 Å². The van der Waals surface area contributed by atoms with Gasteiger partial charge in [0.1, 0.15) is 0 Å². The van der Waals surface area contributed by atoms with E-state index in [0.29, 0.717) is 5.75 Å². The van der Waals surface area contributed by atoms with Gasteiger partial charge >= 0.3 is 0 Å². The average molecular weight is 313 g/mol. The molecule has 0 unspecified atom stereocenters. The summed E-state index contributed by atoms with van der Waals surface area (Å²) in [4.78, 5) is 19.7. The van der Waals surface area contributed by atoms with Gasteiger partial charge in [-0.2, -0.15) is 0 Å². The maximum atomic E-state index is 11.8. The molecule has 5 heteroatoms. The Balaban J connectivity index is 1.58. The van der Waals surface area contributed by atoms with Crippen LogP contribution >= 0.6 is 0 Å². The third-order valence-electron chi connectivity index (χ3n) is 4.32. The quantitative estimate of drug-likeness (QED) is 0.938. The molecule has 0 spiro atoms. The number of nitrogens with one attached hydrogen (secondary N) is 1. The SMILES string of the molecule is COc1c[nH]c(CN2CCN(c3ccc(C)cc3)CC2)cc1=O. The van der Waals surface area contributed by atoms with Gasteiger partial charge in [0, 0.05) is 56.4 Å². The molecule has 1 aromatic carbocycles. The molecule has 0 amide bonds. The van der Waals surface area contributed by atoms with Crippen molar-refractivity contribution >= 4 is 5.69 Å². The highest BCUT2D eigenvalue weighted by molar-refractivity contribution is 5.47. The lowest BCUT2D eigenvalue weighted by Crippen LogP contribution is -2.46. The Labute approximate surface area is 136 Å². The molecule has 1 aliphatic rings. The van der Waals surface area contributed by atoms with Crippen molar-refractivity contribution in [3.8, 4) is 5.75 Å². The topological polar surface area (TPSA) is 48.6 Å². The van der Waals surface area contributed by atoms with Crippen molar-refractivity contribution in [1.82, 2.24) is 9.88 Å². The molecular formula is C18H23N3O2. The summed E-state index contributed by atoms with van der Waals surface area (Å²) in [5, 5.41) is 0. The summed E-state index contributed by atoms with van der Waals surface area (Å²) in [6.45, 7) is 6.86. The number of hydrogen-bond donors (Lipinski definition) is 1. The minimum absolute atomic E-state index is 0.0699. The maximum absolute atomic E-state index is 11.8. The number of methoxy groups -OCH3 is 1. The minimum atomic E-state index is -0.0699. The number of ether oxygens (including phenoxy) is 1. The molecule has 0 saturated carbocycles. The first-order valence-electron chi connectivity index (χ1n) is 7.95. The first-order valence-corrected chi connectivity index (χ1v) is 7.95. The lowest BCUT2D eigenvalue weighted by molar-refractivity contribution is 0.247. The van der Waals surface area contributed by atoms with Crippen molar-refractivity contribution in [1.29, 1.82) is 0 Å². The molecule has 1 aliphatic heterocycles. The summed E-state index contributed by atoms with van der Waals surface area (Å²) < 4.78 is 5.00. The van der Waals surface area contributed by atoms with Gasteiger partial charge in [-0.05, 0) is 19.1 Å². The number of rotatable bonds is 4. The number of H-pyrrole nitrogens is 1. The van der Waals surface area contributed by atoms with Crippen LogP contribution in [0.4, 0.5) is 5.69 Å². The molecule has 2 aromatic rings. The molecule has 1 fully saturated rings. The van der Waals surface area contributed by atoms with E-state index in [0.717, 1.165) is 38.4 Å². The number of piperazine rings is 1. The molecule has 1 aromatic heterocycles. The van der Waals surface area contributed by atoms with Gasteiger partial charge in [0.05, 0.1) is 7.11 Å². The molecule has 0 bridgehead atoms. The number of aromatic amines is 1. The number of anilines is 1. The molecular weight excluding hydrogens is 290 g/mol. The predicted octanol–water partition coefficient (Wildman–Crippen LogP) is 2.01. The number of pyridine rings is 1. The van der Waals surface area contributed by atoms with Crippen LogP contribution in [0.25, 0.3) is 0 Å². The third kappa shape index (κ3) is 3.74. The van der Waals surface area contributed by atoms with Gasteiger partial charge in [-0.15, -0.1) is 0 Å². The fourth-order valence-corrected chi connectivity index (χ4v) is 2.91. The summed E-state index contributed by atoms with van der Waals surface area (Å²) in [6.07, 6.45) is 1.64. The van der Waals surface area contributed by atoms with E-state index in [4.69, 9.17) is 4.74 Å². The molecule has 0 atom stereocenters. The van der Waals surface area contributed by atoms with Crippen LogP contribution in [-0.2, 0) is 6.54 Å². The van der Waals surface area contributed by atoms with Crippen molar-refractivity contribution in [2.24, 2.45) is 0 Å². The van der Waals surface area contributed by atoms with E-state index in [1.165, 1.54) is 18.4 Å². The highest BCUT2D eigenvalue weighted by Crippen LogP contribution is 2.17. The van der Waals surface area contributed by atoms with Crippen LogP contribution in [-0.4, -0.2) is 43.2 Å². The second kappa shape index (κ2) is 6.87. The molecule has 1 N–H and O–H groups in total. The van der Waals surface area contributed by atoms with Crippen molar-refractivity contribution in [2.45, 2.75) is 13.5 Å². The van der Waals surface area contributed by atoms with Crippen LogP contribution < -0.4 is 15.1 Å². The molecule has 0 radical (unpaired) electrons. The van der Waals surface area contributed by atoms with Crippen LogP contribution in [0.15, 0.2) is 41.3 Å². The van der Waals surface area contributed by atoms with E-state index in [9.17, 15) is 4.79 Å². The zero-order chi connectivity index (χ0) is 16.2.